The topological polar surface area (TPSA) is 57.7 Å². The van der Waals surface area contributed by atoms with Gasteiger partial charge in [-0.05, 0) is 48.8 Å². The van der Waals surface area contributed by atoms with Gasteiger partial charge in [0.05, 0.1) is 5.75 Å². The third kappa shape index (κ3) is 2.99. The van der Waals surface area contributed by atoms with E-state index in [4.69, 9.17) is 11.6 Å². The highest BCUT2D eigenvalue weighted by molar-refractivity contribution is 7.89. The average Bonchev–Trinajstić information content (AvgIpc) is 2.98. The normalized spacial score (nSPS) is 30.2. The highest BCUT2D eigenvalue weighted by Crippen LogP contribution is 2.64. The molecule has 2 atom stereocenters. The van der Waals surface area contributed by atoms with Crippen molar-refractivity contribution in [3.05, 3.63) is 28.8 Å². The maximum Gasteiger partial charge on any atom is 0.215 e. The molecule has 1 saturated heterocycles. The molecule has 154 valence electrons. The van der Waals surface area contributed by atoms with Gasteiger partial charge in [0.2, 0.25) is 10.0 Å². The Balaban J connectivity index is 1.49. The zero-order valence-electron chi connectivity index (χ0n) is 16.9. The van der Waals surface area contributed by atoms with Crippen LogP contribution in [0.1, 0.15) is 38.7 Å². The van der Waals surface area contributed by atoms with E-state index >= 15 is 0 Å². The van der Waals surface area contributed by atoms with Crippen LogP contribution in [0.3, 0.4) is 0 Å². The number of carbonyl (C=O) groups is 1. The summed E-state index contributed by atoms with van der Waals surface area (Å²) in [7, 11) is -3.48. The Labute approximate surface area is 173 Å². The van der Waals surface area contributed by atoms with Crippen molar-refractivity contribution in [2.75, 3.05) is 36.8 Å². The summed E-state index contributed by atoms with van der Waals surface area (Å²) >= 11 is 6.14. The van der Waals surface area contributed by atoms with E-state index in [2.05, 4.69) is 18.7 Å². The third-order valence-corrected chi connectivity index (χ3v) is 9.96. The van der Waals surface area contributed by atoms with Crippen LogP contribution >= 0.6 is 11.6 Å². The van der Waals surface area contributed by atoms with Crippen LogP contribution in [0.4, 0.5) is 5.69 Å². The van der Waals surface area contributed by atoms with E-state index in [9.17, 15) is 13.2 Å². The molecule has 2 aliphatic carbocycles. The molecule has 0 N–H and O–H groups in total. The first-order valence-corrected chi connectivity index (χ1v) is 12.1. The molecule has 0 amide bonds. The van der Waals surface area contributed by atoms with Gasteiger partial charge in [-0.25, -0.2) is 8.42 Å². The zero-order valence-corrected chi connectivity index (χ0v) is 18.4. The lowest BCUT2D eigenvalue weighted by molar-refractivity contribution is -0.128. The minimum Gasteiger partial charge on any atom is -0.369 e. The van der Waals surface area contributed by atoms with E-state index in [0.717, 1.165) is 17.7 Å². The SMILES string of the molecule is Cc1ccc(Cl)cc1N1CCN(S(=O)(=O)C[C@]23CC[C@H](CC2=O)C3(C)C)CC1. The first-order chi connectivity index (χ1) is 13.1. The number of anilines is 1. The molecule has 1 aliphatic heterocycles. The molecule has 4 rings (SSSR count). The summed E-state index contributed by atoms with van der Waals surface area (Å²) in [5.74, 6) is 0.460. The van der Waals surface area contributed by atoms with Gasteiger partial charge >= 0.3 is 0 Å². The van der Waals surface area contributed by atoms with Crippen molar-refractivity contribution in [1.29, 1.82) is 0 Å². The molecule has 3 fully saturated rings. The predicted octanol–water partition coefficient (Wildman–Crippen LogP) is 3.50. The number of carbonyl (C=O) groups excluding carboxylic acids is 1. The van der Waals surface area contributed by atoms with Crippen molar-refractivity contribution in [2.24, 2.45) is 16.7 Å². The molecule has 0 aromatic heterocycles. The van der Waals surface area contributed by atoms with Gasteiger partial charge in [0.25, 0.3) is 0 Å². The number of sulfonamides is 1. The number of nitrogens with zero attached hydrogens (tertiary/aromatic N) is 2. The van der Waals surface area contributed by atoms with Crippen molar-refractivity contribution in [2.45, 2.75) is 40.0 Å². The minimum absolute atomic E-state index is 0.0292. The molecule has 1 aromatic carbocycles. The summed E-state index contributed by atoms with van der Waals surface area (Å²) in [5, 5.41) is 0.688. The second-order valence-electron chi connectivity index (χ2n) is 9.24. The second kappa shape index (κ2) is 6.71. The molecular weight excluding hydrogens is 396 g/mol. The third-order valence-electron chi connectivity index (χ3n) is 7.71. The summed E-state index contributed by atoms with van der Waals surface area (Å²) in [6.45, 7) is 8.37. The minimum atomic E-state index is -3.48. The number of piperazine rings is 1. The standard InChI is InChI=1S/C21H29ClN2O3S/c1-15-4-5-17(22)13-18(15)23-8-10-24(11-9-23)28(26,27)14-21-7-6-16(12-19(21)25)20(21,2)3/h4-5,13,16H,6-12,14H2,1-3H3/t16-,21-/m1/s1. The van der Waals surface area contributed by atoms with Crippen LogP contribution in [0.15, 0.2) is 18.2 Å². The largest absolute Gasteiger partial charge is 0.369 e. The summed E-state index contributed by atoms with van der Waals surface area (Å²) in [6, 6.07) is 5.80. The van der Waals surface area contributed by atoms with Gasteiger partial charge in [-0.1, -0.05) is 31.5 Å². The number of hydrogen-bond donors (Lipinski definition) is 0. The van der Waals surface area contributed by atoms with Crippen LogP contribution < -0.4 is 4.90 Å². The first-order valence-electron chi connectivity index (χ1n) is 10.1. The van der Waals surface area contributed by atoms with Crippen molar-refractivity contribution in [3.8, 4) is 0 Å². The van der Waals surface area contributed by atoms with Crippen LogP contribution in [0.2, 0.25) is 5.02 Å². The van der Waals surface area contributed by atoms with E-state index in [1.165, 1.54) is 0 Å². The number of benzene rings is 1. The maximum atomic E-state index is 13.3. The fraction of sp³-hybridized carbons (Fsp3) is 0.667. The van der Waals surface area contributed by atoms with E-state index in [1.807, 2.05) is 25.1 Å². The van der Waals surface area contributed by atoms with Gasteiger partial charge in [-0.3, -0.25) is 4.79 Å². The molecule has 0 radical (unpaired) electrons. The van der Waals surface area contributed by atoms with E-state index in [1.54, 1.807) is 4.31 Å². The van der Waals surface area contributed by atoms with Gasteiger partial charge in [-0.15, -0.1) is 0 Å². The Morgan fingerprint density at radius 1 is 1.18 bits per heavy atom. The number of hydrogen-bond acceptors (Lipinski definition) is 4. The first kappa shape index (κ1) is 20.2. The van der Waals surface area contributed by atoms with Gasteiger partial charge in [0.15, 0.2) is 0 Å². The van der Waals surface area contributed by atoms with Crippen molar-refractivity contribution >= 4 is 33.1 Å². The smallest absolute Gasteiger partial charge is 0.215 e. The summed E-state index contributed by atoms with van der Waals surface area (Å²) in [5.41, 5.74) is 1.28. The Hall–Kier alpha value is -1.11. The van der Waals surface area contributed by atoms with Crippen molar-refractivity contribution in [1.82, 2.24) is 4.31 Å². The molecule has 3 aliphatic rings. The van der Waals surface area contributed by atoms with E-state index < -0.39 is 15.4 Å². The summed E-state index contributed by atoms with van der Waals surface area (Å²) in [6.07, 6.45) is 2.23. The van der Waals surface area contributed by atoms with Crippen molar-refractivity contribution in [3.63, 3.8) is 0 Å². The fourth-order valence-electron chi connectivity index (χ4n) is 5.64. The monoisotopic (exact) mass is 424 g/mol. The van der Waals surface area contributed by atoms with Crippen LogP contribution in [0.25, 0.3) is 0 Å². The number of Topliss-reactive ketones (excluding diaryl/α,β-unsaturated/α-hetero) is 1. The lowest BCUT2D eigenvalue weighted by Gasteiger charge is -2.40. The zero-order chi connectivity index (χ0) is 20.3. The number of halogens is 1. The Kier molecular flexibility index (Phi) is 4.83. The Morgan fingerprint density at radius 3 is 2.43 bits per heavy atom. The molecule has 7 heteroatoms. The highest BCUT2D eigenvalue weighted by Gasteiger charge is 2.65. The van der Waals surface area contributed by atoms with Crippen LogP contribution in [0, 0.1) is 23.7 Å². The summed E-state index contributed by atoms with van der Waals surface area (Å²) in [4.78, 5) is 14.9. The number of rotatable bonds is 4. The molecule has 0 unspecified atom stereocenters. The molecule has 28 heavy (non-hydrogen) atoms. The molecule has 2 saturated carbocycles. The molecule has 1 heterocycles. The molecular formula is C21H29ClN2O3S. The predicted molar refractivity (Wildman–Crippen MR) is 112 cm³/mol. The molecule has 0 spiro atoms. The average molecular weight is 425 g/mol. The number of ketones is 1. The van der Waals surface area contributed by atoms with Crippen LogP contribution in [-0.2, 0) is 14.8 Å². The highest BCUT2D eigenvalue weighted by atomic mass is 35.5. The number of fused-ring (bicyclic) bond motifs is 2. The van der Waals surface area contributed by atoms with Crippen LogP contribution in [0.5, 0.6) is 0 Å². The van der Waals surface area contributed by atoms with Gasteiger partial charge < -0.3 is 4.90 Å². The Bertz CT molecular complexity index is 906. The van der Waals surface area contributed by atoms with Gasteiger partial charge in [0.1, 0.15) is 5.78 Å². The van der Waals surface area contributed by atoms with Crippen molar-refractivity contribution < 1.29 is 13.2 Å². The lowest BCUT2D eigenvalue weighted by atomic mass is 9.70. The molecule has 2 bridgehead atoms. The second-order valence-corrected chi connectivity index (χ2v) is 11.6. The summed E-state index contributed by atoms with van der Waals surface area (Å²) < 4.78 is 28.1. The molecule has 1 aromatic rings. The van der Waals surface area contributed by atoms with Gasteiger partial charge in [-0.2, -0.15) is 4.31 Å². The van der Waals surface area contributed by atoms with Crippen LogP contribution in [-0.4, -0.2) is 50.4 Å². The van der Waals surface area contributed by atoms with Gasteiger partial charge in [0, 0.05) is 48.7 Å². The molecule has 5 nitrogen and oxygen atoms in total. The van der Waals surface area contributed by atoms with E-state index in [0.29, 0.717) is 50.0 Å². The maximum absolute atomic E-state index is 13.3. The number of aryl methyl sites for hydroxylation is 1. The van der Waals surface area contributed by atoms with E-state index in [-0.39, 0.29) is 17.0 Å². The lowest BCUT2D eigenvalue weighted by Crippen LogP contribution is -2.52. The quantitative estimate of drug-likeness (QED) is 0.742. The Morgan fingerprint density at radius 2 is 1.86 bits per heavy atom. The fourth-order valence-corrected chi connectivity index (χ4v) is 8.01.